The summed E-state index contributed by atoms with van der Waals surface area (Å²) in [6, 6.07) is 4.55. The second kappa shape index (κ2) is 7.63. The minimum atomic E-state index is -3.68. The molecule has 0 atom stereocenters. The van der Waals surface area contributed by atoms with E-state index in [0.717, 1.165) is 0 Å². The Morgan fingerprint density at radius 3 is 2.43 bits per heavy atom. The molecule has 0 aliphatic carbocycles. The van der Waals surface area contributed by atoms with Gasteiger partial charge in [0.1, 0.15) is 10.8 Å². The van der Waals surface area contributed by atoms with E-state index in [1.807, 2.05) is 0 Å². The number of para-hydroxylation sites is 1. The van der Waals surface area contributed by atoms with E-state index >= 15 is 0 Å². The van der Waals surface area contributed by atoms with Crippen molar-refractivity contribution in [2.24, 2.45) is 0 Å². The molecule has 8 heteroatoms. The van der Waals surface area contributed by atoms with E-state index in [2.05, 4.69) is 5.32 Å². The first-order valence-electron chi connectivity index (χ1n) is 6.45. The molecule has 118 valence electrons. The third-order valence-electron chi connectivity index (χ3n) is 2.90. The van der Waals surface area contributed by atoms with Crippen LogP contribution in [-0.2, 0) is 14.8 Å². The first-order valence-corrected chi connectivity index (χ1v) is 8.42. The Kier molecular flexibility index (Phi) is 6.44. The predicted molar refractivity (Wildman–Crippen MR) is 82.5 cm³/mol. The number of hydrogen-bond acceptors (Lipinski definition) is 4. The third kappa shape index (κ3) is 3.87. The molecule has 0 aliphatic heterocycles. The lowest BCUT2D eigenvalue weighted by atomic mass is 10.3. The molecule has 1 amide bonds. The summed E-state index contributed by atoms with van der Waals surface area (Å²) >= 11 is 5.44. The molecule has 0 fully saturated rings. The number of methoxy groups -OCH3 is 1. The maximum Gasteiger partial charge on any atom is 0.246 e. The van der Waals surface area contributed by atoms with Crippen LogP contribution in [0, 0.1) is 0 Å². The Morgan fingerprint density at radius 2 is 1.95 bits per heavy atom. The van der Waals surface area contributed by atoms with Gasteiger partial charge < -0.3 is 10.1 Å². The highest BCUT2D eigenvalue weighted by molar-refractivity contribution is 7.89. The fraction of sp³-hybridized carbons (Fsp3) is 0.462. The molecule has 0 radical (unpaired) electrons. The quantitative estimate of drug-likeness (QED) is 0.773. The van der Waals surface area contributed by atoms with E-state index in [-0.39, 0.29) is 22.2 Å². The van der Waals surface area contributed by atoms with Gasteiger partial charge in [-0.1, -0.05) is 19.9 Å². The molecule has 0 unspecified atom stereocenters. The molecule has 1 aromatic carbocycles. The summed E-state index contributed by atoms with van der Waals surface area (Å²) in [6.07, 6.45) is 0. The lowest BCUT2D eigenvalue weighted by Crippen LogP contribution is -2.31. The summed E-state index contributed by atoms with van der Waals surface area (Å²) < 4.78 is 31.7. The van der Waals surface area contributed by atoms with Gasteiger partial charge in [-0.15, -0.1) is 11.6 Å². The highest BCUT2D eigenvalue weighted by Gasteiger charge is 2.27. The highest BCUT2D eigenvalue weighted by Crippen LogP contribution is 2.33. The molecule has 21 heavy (non-hydrogen) atoms. The number of sulfonamides is 1. The first-order chi connectivity index (χ1) is 9.92. The summed E-state index contributed by atoms with van der Waals surface area (Å²) in [5.41, 5.74) is 0.274. The molecule has 0 heterocycles. The number of ether oxygens (including phenoxy) is 1. The number of nitrogens with zero attached hydrogens (tertiary/aromatic N) is 1. The molecule has 0 aromatic heterocycles. The van der Waals surface area contributed by atoms with Crippen molar-refractivity contribution < 1.29 is 17.9 Å². The van der Waals surface area contributed by atoms with Crippen LogP contribution >= 0.6 is 11.6 Å². The van der Waals surface area contributed by atoms with Crippen LogP contribution in [0.15, 0.2) is 23.1 Å². The Labute approximate surface area is 130 Å². The number of amides is 1. The topological polar surface area (TPSA) is 75.7 Å². The van der Waals surface area contributed by atoms with Crippen LogP contribution in [0.3, 0.4) is 0 Å². The number of alkyl halides is 1. The Hall–Kier alpha value is -1.31. The van der Waals surface area contributed by atoms with Gasteiger partial charge in [0.15, 0.2) is 5.75 Å². The predicted octanol–water partition coefficient (Wildman–Crippen LogP) is 1.90. The van der Waals surface area contributed by atoms with Gasteiger partial charge in [-0.3, -0.25) is 4.79 Å². The largest absolute Gasteiger partial charge is 0.493 e. The number of hydrogen-bond donors (Lipinski definition) is 1. The lowest BCUT2D eigenvalue weighted by Gasteiger charge is -2.21. The fourth-order valence-corrected chi connectivity index (χ4v) is 3.62. The molecular weight excluding hydrogens is 316 g/mol. The van der Waals surface area contributed by atoms with E-state index in [0.29, 0.717) is 13.1 Å². The number of carbonyl (C=O) groups is 1. The molecule has 1 rings (SSSR count). The van der Waals surface area contributed by atoms with Gasteiger partial charge in [0.05, 0.1) is 12.8 Å². The zero-order chi connectivity index (χ0) is 16.0. The maximum absolute atomic E-state index is 12.6. The SMILES string of the molecule is CCN(CC)S(=O)(=O)c1cccc(NC(=O)CCl)c1OC. The summed E-state index contributed by atoms with van der Waals surface area (Å²) in [7, 11) is -2.33. The van der Waals surface area contributed by atoms with Crippen molar-refractivity contribution in [1.29, 1.82) is 0 Å². The average Bonchev–Trinajstić information content (AvgIpc) is 2.47. The van der Waals surface area contributed by atoms with Crippen LogP contribution < -0.4 is 10.1 Å². The second-order valence-electron chi connectivity index (χ2n) is 4.11. The maximum atomic E-state index is 12.6. The Bertz CT molecular complexity index is 600. The van der Waals surface area contributed by atoms with E-state index in [9.17, 15) is 13.2 Å². The zero-order valence-electron chi connectivity index (χ0n) is 12.2. The van der Waals surface area contributed by atoms with Crippen LogP contribution in [0.2, 0.25) is 0 Å². The van der Waals surface area contributed by atoms with Crippen molar-refractivity contribution in [1.82, 2.24) is 4.31 Å². The van der Waals surface area contributed by atoms with Crippen molar-refractivity contribution in [3.05, 3.63) is 18.2 Å². The molecule has 0 spiro atoms. The number of anilines is 1. The van der Waals surface area contributed by atoms with Crippen LogP contribution in [0.25, 0.3) is 0 Å². The van der Waals surface area contributed by atoms with Gasteiger partial charge >= 0.3 is 0 Å². The number of benzene rings is 1. The molecular formula is C13H19ClN2O4S. The smallest absolute Gasteiger partial charge is 0.246 e. The van der Waals surface area contributed by atoms with Crippen molar-refractivity contribution in [3.63, 3.8) is 0 Å². The molecule has 1 aromatic rings. The number of nitrogens with one attached hydrogen (secondary N) is 1. The van der Waals surface area contributed by atoms with Gasteiger partial charge in [-0.25, -0.2) is 8.42 Å². The Morgan fingerprint density at radius 1 is 1.33 bits per heavy atom. The van der Waals surface area contributed by atoms with Crippen molar-refractivity contribution in [2.45, 2.75) is 18.7 Å². The van der Waals surface area contributed by atoms with Gasteiger partial charge in [-0.05, 0) is 12.1 Å². The number of halogens is 1. The van der Waals surface area contributed by atoms with Crippen molar-refractivity contribution in [2.75, 3.05) is 31.4 Å². The molecule has 1 N–H and O–H groups in total. The van der Waals surface area contributed by atoms with Gasteiger partial charge in [0.2, 0.25) is 15.9 Å². The van der Waals surface area contributed by atoms with Crippen molar-refractivity contribution in [3.8, 4) is 5.75 Å². The summed E-state index contributed by atoms with van der Waals surface area (Å²) in [5, 5.41) is 2.52. The minimum Gasteiger partial charge on any atom is -0.493 e. The zero-order valence-corrected chi connectivity index (χ0v) is 13.8. The first kappa shape index (κ1) is 17.7. The lowest BCUT2D eigenvalue weighted by molar-refractivity contribution is -0.113. The van der Waals surface area contributed by atoms with Gasteiger partial charge in [0, 0.05) is 13.1 Å². The van der Waals surface area contributed by atoms with Gasteiger partial charge in [-0.2, -0.15) is 4.31 Å². The second-order valence-corrected chi connectivity index (χ2v) is 6.28. The van der Waals surface area contributed by atoms with Crippen LogP contribution in [0.1, 0.15) is 13.8 Å². The standard InChI is InChI=1S/C13H19ClN2O4S/c1-4-16(5-2)21(18,19)11-8-6-7-10(13(11)20-3)15-12(17)9-14/h6-8H,4-5,9H2,1-3H3,(H,15,17). The molecule has 0 aliphatic rings. The van der Waals surface area contributed by atoms with E-state index in [1.165, 1.54) is 17.5 Å². The third-order valence-corrected chi connectivity index (χ3v) is 5.22. The normalized spacial score (nSPS) is 11.5. The van der Waals surface area contributed by atoms with Crippen molar-refractivity contribution >= 4 is 33.2 Å². The summed E-state index contributed by atoms with van der Waals surface area (Å²) in [6.45, 7) is 4.21. The average molecular weight is 335 g/mol. The van der Waals surface area contributed by atoms with E-state index in [4.69, 9.17) is 16.3 Å². The van der Waals surface area contributed by atoms with Crippen LogP contribution in [0.4, 0.5) is 5.69 Å². The number of rotatable bonds is 7. The van der Waals surface area contributed by atoms with Crippen LogP contribution in [-0.4, -0.2) is 44.7 Å². The molecule has 0 saturated carbocycles. The molecule has 6 nitrogen and oxygen atoms in total. The minimum absolute atomic E-state index is 0.0149. The summed E-state index contributed by atoms with van der Waals surface area (Å²) in [5.74, 6) is -0.564. The van der Waals surface area contributed by atoms with E-state index in [1.54, 1.807) is 26.0 Å². The highest BCUT2D eigenvalue weighted by atomic mass is 35.5. The Balaban J connectivity index is 3.37. The molecule has 0 bridgehead atoms. The van der Waals surface area contributed by atoms with Gasteiger partial charge in [0.25, 0.3) is 0 Å². The number of carbonyl (C=O) groups excluding carboxylic acids is 1. The van der Waals surface area contributed by atoms with Crippen LogP contribution in [0.5, 0.6) is 5.75 Å². The van der Waals surface area contributed by atoms with E-state index < -0.39 is 15.9 Å². The summed E-state index contributed by atoms with van der Waals surface area (Å²) in [4.78, 5) is 11.4. The molecule has 0 saturated heterocycles. The fourth-order valence-electron chi connectivity index (χ4n) is 1.91. The monoisotopic (exact) mass is 334 g/mol.